The van der Waals surface area contributed by atoms with Crippen LogP contribution < -0.4 is 11.1 Å². The second-order valence-corrected chi connectivity index (χ2v) is 7.54. The first kappa shape index (κ1) is 17.4. The van der Waals surface area contributed by atoms with Crippen molar-refractivity contribution in [2.45, 2.75) is 25.8 Å². The lowest BCUT2D eigenvalue weighted by Gasteiger charge is -2.38. The number of hydrogen-bond acceptors (Lipinski definition) is 5. The van der Waals surface area contributed by atoms with Crippen molar-refractivity contribution in [2.75, 3.05) is 45.5 Å². The highest BCUT2D eigenvalue weighted by molar-refractivity contribution is 7.88. The summed E-state index contributed by atoms with van der Waals surface area (Å²) in [7, 11) is -3.12. The molecule has 8 heteroatoms. The van der Waals surface area contributed by atoms with Gasteiger partial charge in [-0.05, 0) is 19.9 Å². The standard InChI is InChI=1S/C12H26N4O3S/c1-4-5-14-12(2,11(13)17)10-15-6-8-16(9-7-15)20(3,18)19/h14H,4-10H2,1-3H3,(H2,13,17). The predicted octanol–water partition coefficient (Wildman–Crippen LogP) is -1.19. The van der Waals surface area contributed by atoms with Gasteiger partial charge < -0.3 is 11.1 Å². The summed E-state index contributed by atoms with van der Waals surface area (Å²) in [6, 6.07) is 0. The molecule has 0 radical (unpaired) electrons. The van der Waals surface area contributed by atoms with Crippen LogP contribution in [0.3, 0.4) is 0 Å². The molecule has 1 saturated heterocycles. The maximum atomic E-state index is 11.7. The summed E-state index contributed by atoms with van der Waals surface area (Å²) in [5, 5.41) is 3.19. The van der Waals surface area contributed by atoms with Crippen molar-refractivity contribution >= 4 is 15.9 Å². The van der Waals surface area contributed by atoms with Gasteiger partial charge in [-0.15, -0.1) is 0 Å². The summed E-state index contributed by atoms with van der Waals surface area (Å²) in [6.45, 7) is 7.20. The van der Waals surface area contributed by atoms with Crippen LogP contribution in [0.15, 0.2) is 0 Å². The maximum Gasteiger partial charge on any atom is 0.238 e. The zero-order valence-electron chi connectivity index (χ0n) is 12.6. The molecule has 1 heterocycles. The first-order valence-electron chi connectivity index (χ1n) is 6.91. The number of nitrogens with two attached hydrogens (primary N) is 1. The number of sulfonamides is 1. The Morgan fingerprint density at radius 3 is 2.25 bits per heavy atom. The number of amides is 1. The van der Waals surface area contributed by atoms with Crippen LogP contribution >= 0.6 is 0 Å². The van der Waals surface area contributed by atoms with Gasteiger partial charge in [0.15, 0.2) is 0 Å². The van der Waals surface area contributed by atoms with Crippen molar-refractivity contribution in [3.63, 3.8) is 0 Å². The van der Waals surface area contributed by atoms with Crippen LogP contribution in [0.4, 0.5) is 0 Å². The van der Waals surface area contributed by atoms with Crippen LogP contribution in [0, 0.1) is 0 Å². The molecule has 1 aliphatic rings. The molecule has 0 aromatic carbocycles. The first-order valence-corrected chi connectivity index (χ1v) is 8.76. The average Bonchev–Trinajstić information content (AvgIpc) is 2.35. The molecule has 3 N–H and O–H groups in total. The predicted molar refractivity (Wildman–Crippen MR) is 78.7 cm³/mol. The summed E-state index contributed by atoms with van der Waals surface area (Å²) < 4.78 is 24.4. The SMILES string of the molecule is CCCNC(C)(CN1CCN(S(C)(=O)=O)CC1)C(N)=O. The number of carbonyl (C=O) groups is 1. The molecule has 0 aromatic rings. The highest BCUT2D eigenvalue weighted by Gasteiger charge is 2.34. The Bertz CT molecular complexity index is 432. The van der Waals surface area contributed by atoms with E-state index < -0.39 is 15.6 Å². The van der Waals surface area contributed by atoms with Crippen molar-refractivity contribution in [3.05, 3.63) is 0 Å². The summed E-state index contributed by atoms with van der Waals surface area (Å²) in [4.78, 5) is 13.7. The van der Waals surface area contributed by atoms with Crippen LogP contribution in [0.2, 0.25) is 0 Å². The molecule has 1 unspecified atom stereocenters. The summed E-state index contributed by atoms with van der Waals surface area (Å²) in [5.41, 5.74) is 4.72. The van der Waals surface area contributed by atoms with E-state index >= 15 is 0 Å². The van der Waals surface area contributed by atoms with Gasteiger partial charge in [-0.3, -0.25) is 9.69 Å². The fourth-order valence-electron chi connectivity index (χ4n) is 2.29. The van der Waals surface area contributed by atoms with E-state index in [-0.39, 0.29) is 5.91 Å². The second-order valence-electron chi connectivity index (χ2n) is 5.56. The largest absolute Gasteiger partial charge is 0.368 e. The van der Waals surface area contributed by atoms with Crippen molar-refractivity contribution in [1.29, 1.82) is 0 Å². The van der Waals surface area contributed by atoms with E-state index in [4.69, 9.17) is 5.73 Å². The highest BCUT2D eigenvalue weighted by atomic mass is 32.2. The fraction of sp³-hybridized carbons (Fsp3) is 0.917. The van der Waals surface area contributed by atoms with E-state index in [0.29, 0.717) is 32.7 Å². The van der Waals surface area contributed by atoms with Gasteiger partial charge in [-0.1, -0.05) is 6.92 Å². The molecule has 1 atom stereocenters. The van der Waals surface area contributed by atoms with Crippen LogP contribution in [-0.2, 0) is 14.8 Å². The topological polar surface area (TPSA) is 95.7 Å². The van der Waals surface area contributed by atoms with Crippen molar-refractivity contribution in [2.24, 2.45) is 5.73 Å². The normalized spacial score (nSPS) is 21.6. The van der Waals surface area contributed by atoms with Gasteiger partial charge in [0.2, 0.25) is 15.9 Å². The number of carbonyl (C=O) groups excluding carboxylic acids is 1. The van der Waals surface area contributed by atoms with E-state index in [1.165, 1.54) is 10.6 Å². The van der Waals surface area contributed by atoms with Gasteiger partial charge in [-0.25, -0.2) is 8.42 Å². The van der Waals surface area contributed by atoms with Crippen LogP contribution in [-0.4, -0.2) is 74.6 Å². The average molecular weight is 306 g/mol. The molecule has 0 bridgehead atoms. The molecule has 20 heavy (non-hydrogen) atoms. The summed E-state index contributed by atoms with van der Waals surface area (Å²) in [6.07, 6.45) is 2.14. The number of nitrogens with zero attached hydrogens (tertiary/aromatic N) is 2. The summed E-state index contributed by atoms with van der Waals surface area (Å²) >= 11 is 0. The minimum atomic E-state index is -3.12. The van der Waals surface area contributed by atoms with Crippen molar-refractivity contribution in [3.8, 4) is 0 Å². The zero-order valence-corrected chi connectivity index (χ0v) is 13.4. The Labute approximate surface area is 121 Å². The number of nitrogens with one attached hydrogen (secondary N) is 1. The Hall–Kier alpha value is -0.700. The van der Waals surface area contributed by atoms with Crippen molar-refractivity contribution in [1.82, 2.24) is 14.5 Å². The quantitative estimate of drug-likeness (QED) is 0.616. The van der Waals surface area contributed by atoms with Gasteiger partial charge in [0.1, 0.15) is 5.54 Å². The Morgan fingerprint density at radius 2 is 1.85 bits per heavy atom. The monoisotopic (exact) mass is 306 g/mol. The lowest BCUT2D eigenvalue weighted by molar-refractivity contribution is -0.124. The van der Waals surface area contributed by atoms with Crippen LogP contribution in [0.1, 0.15) is 20.3 Å². The van der Waals surface area contributed by atoms with Crippen LogP contribution in [0.25, 0.3) is 0 Å². The molecule has 0 aliphatic carbocycles. The van der Waals surface area contributed by atoms with E-state index in [2.05, 4.69) is 10.2 Å². The molecule has 0 aromatic heterocycles. The van der Waals surface area contributed by atoms with E-state index in [1.807, 2.05) is 6.92 Å². The third-order valence-electron chi connectivity index (χ3n) is 3.65. The Balaban J connectivity index is 2.58. The molecule has 118 valence electrons. The van der Waals surface area contributed by atoms with Crippen LogP contribution in [0.5, 0.6) is 0 Å². The van der Waals surface area contributed by atoms with Gasteiger partial charge >= 0.3 is 0 Å². The molecule has 1 amide bonds. The lowest BCUT2D eigenvalue weighted by Crippen LogP contribution is -2.62. The number of hydrogen-bond donors (Lipinski definition) is 2. The van der Waals surface area contributed by atoms with Crippen molar-refractivity contribution < 1.29 is 13.2 Å². The minimum absolute atomic E-state index is 0.378. The maximum absolute atomic E-state index is 11.7. The third kappa shape index (κ3) is 4.69. The van der Waals surface area contributed by atoms with Gasteiger partial charge in [0.05, 0.1) is 6.26 Å². The van der Waals surface area contributed by atoms with E-state index in [1.54, 1.807) is 6.92 Å². The van der Waals surface area contributed by atoms with Gasteiger partial charge in [0.25, 0.3) is 0 Å². The van der Waals surface area contributed by atoms with E-state index in [0.717, 1.165) is 13.0 Å². The molecule has 1 fully saturated rings. The van der Waals surface area contributed by atoms with Gasteiger partial charge in [0, 0.05) is 32.7 Å². The molecular formula is C12H26N4O3S. The summed E-state index contributed by atoms with van der Waals surface area (Å²) in [5.74, 6) is -0.378. The Morgan fingerprint density at radius 1 is 1.30 bits per heavy atom. The number of primary amides is 1. The minimum Gasteiger partial charge on any atom is -0.368 e. The second kappa shape index (κ2) is 6.84. The molecule has 1 rings (SSSR count). The van der Waals surface area contributed by atoms with Gasteiger partial charge in [-0.2, -0.15) is 4.31 Å². The fourth-order valence-corrected chi connectivity index (χ4v) is 3.11. The zero-order chi connectivity index (χ0) is 15.4. The molecule has 1 aliphatic heterocycles. The van der Waals surface area contributed by atoms with E-state index in [9.17, 15) is 13.2 Å². The highest BCUT2D eigenvalue weighted by Crippen LogP contribution is 2.11. The number of rotatable bonds is 7. The molecule has 0 saturated carbocycles. The lowest BCUT2D eigenvalue weighted by atomic mass is 10.00. The molecule has 7 nitrogen and oxygen atoms in total. The Kier molecular flexibility index (Phi) is 5.93. The third-order valence-corrected chi connectivity index (χ3v) is 4.95. The smallest absolute Gasteiger partial charge is 0.238 e. The number of piperazine rings is 1. The first-order chi connectivity index (χ1) is 9.19. The molecular weight excluding hydrogens is 280 g/mol. The molecule has 0 spiro atoms.